The highest BCUT2D eigenvalue weighted by Crippen LogP contribution is 2.44. The summed E-state index contributed by atoms with van der Waals surface area (Å²) >= 11 is 1.79. The molecule has 0 spiro atoms. The van der Waals surface area contributed by atoms with E-state index in [0.717, 1.165) is 66.1 Å². The Morgan fingerprint density at radius 1 is 0.418 bits per heavy atom. The Morgan fingerprint density at radius 2 is 1.04 bits per heavy atom. The Kier molecular flexibility index (Phi) is 6.44. The molecule has 8 aromatic carbocycles. The van der Waals surface area contributed by atoms with E-state index in [1.165, 1.54) is 30.9 Å². The minimum atomic E-state index is 0.598. The highest BCUT2D eigenvalue weighted by atomic mass is 32.1. The lowest BCUT2D eigenvalue weighted by Gasteiger charge is -2.11. The highest BCUT2D eigenvalue weighted by Gasteiger charge is 2.23. The zero-order valence-corrected chi connectivity index (χ0v) is 30.1. The fourth-order valence-electron chi connectivity index (χ4n) is 8.36. The number of aromatic nitrogens is 4. The van der Waals surface area contributed by atoms with Crippen molar-refractivity contribution in [2.24, 2.45) is 0 Å². The third-order valence-electron chi connectivity index (χ3n) is 10.8. The predicted molar refractivity (Wildman–Crippen MR) is 228 cm³/mol. The first kappa shape index (κ1) is 30.3. The van der Waals surface area contributed by atoms with E-state index >= 15 is 0 Å². The summed E-state index contributed by atoms with van der Waals surface area (Å²) in [5.41, 5.74) is 7.65. The molecule has 0 saturated carbocycles. The molecule has 0 atom stereocenters. The molecular weight excluding hydrogens is 693 g/mol. The maximum absolute atomic E-state index is 7.10. The molecule has 0 amide bonds. The summed E-state index contributed by atoms with van der Waals surface area (Å²) in [5, 5.41) is 8.99. The summed E-state index contributed by atoms with van der Waals surface area (Å²) in [5.74, 6) is 1.85. The second-order valence-electron chi connectivity index (χ2n) is 14.0. The third kappa shape index (κ3) is 4.55. The van der Waals surface area contributed by atoms with Crippen LogP contribution in [0.2, 0.25) is 0 Å². The van der Waals surface area contributed by atoms with Crippen molar-refractivity contribution in [3.63, 3.8) is 0 Å². The molecule has 0 aliphatic rings. The van der Waals surface area contributed by atoms with Crippen LogP contribution >= 0.6 is 11.3 Å². The fraction of sp³-hybridized carbons (Fsp3) is 0. The van der Waals surface area contributed by atoms with Crippen LogP contribution in [-0.2, 0) is 0 Å². The van der Waals surface area contributed by atoms with Gasteiger partial charge in [-0.1, -0.05) is 133 Å². The number of thiophene rings is 1. The smallest absolute Gasteiger partial charge is 0.164 e. The van der Waals surface area contributed by atoms with Crippen LogP contribution in [0.5, 0.6) is 0 Å². The van der Waals surface area contributed by atoms with Crippen LogP contribution in [0.4, 0.5) is 0 Å². The molecule has 55 heavy (non-hydrogen) atoms. The van der Waals surface area contributed by atoms with E-state index in [-0.39, 0.29) is 0 Å². The van der Waals surface area contributed by atoms with E-state index < -0.39 is 0 Å². The minimum absolute atomic E-state index is 0.598. The largest absolute Gasteiger partial charge is 0.453 e. The van der Waals surface area contributed by atoms with Gasteiger partial charge in [0.05, 0.1) is 16.7 Å². The second-order valence-corrected chi connectivity index (χ2v) is 15.0. The first-order chi connectivity index (χ1) is 27.3. The van der Waals surface area contributed by atoms with Crippen molar-refractivity contribution in [2.75, 3.05) is 0 Å². The molecule has 12 rings (SSSR count). The van der Waals surface area contributed by atoms with E-state index in [2.05, 4.69) is 156 Å². The Labute approximate surface area is 318 Å². The quantitative estimate of drug-likeness (QED) is 0.182. The maximum Gasteiger partial charge on any atom is 0.164 e. The summed E-state index contributed by atoms with van der Waals surface area (Å²) in [6, 6.07) is 59.5. The SMILES string of the molecule is c1ccc(-c2nc(-c3ccc4c(c3)sc3ccccc34)nc(-c3cc4ccccc4c4oc5c(-n6c7ccccc7c7ccccc76)cccc5c34)n2)cc1. The number of benzene rings is 8. The molecule has 0 saturated heterocycles. The lowest BCUT2D eigenvalue weighted by molar-refractivity contribution is 0.670. The van der Waals surface area contributed by atoms with Crippen molar-refractivity contribution in [3.8, 4) is 39.9 Å². The van der Waals surface area contributed by atoms with Gasteiger partial charge in [-0.2, -0.15) is 0 Å². The minimum Gasteiger partial charge on any atom is -0.453 e. The van der Waals surface area contributed by atoms with Gasteiger partial charge in [0.25, 0.3) is 0 Å². The molecule has 5 nitrogen and oxygen atoms in total. The van der Waals surface area contributed by atoms with Crippen molar-refractivity contribution < 1.29 is 4.42 Å². The van der Waals surface area contributed by atoms with Gasteiger partial charge in [-0.3, -0.25) is 0 Å². The number of fused-ring (bicyclic) bond motifs is 11. The molecule has 0 aliphatic carbocycles. The van der Waals surface area contributed by atoms with Gasteiger partial charge in [0.1, 0.15) is 5.58 Å². The Hall–Kier alpha value is -7.15. The highest BCUT2D eigenvalue weighted by molar-refractivity contribution is 7.25. The van der Waals surface area contributed by atoms with Crippen molar-refractivity contribution >= 4 is 86.0 Å². The molecule has 0 bridgehead atoms. The van der Waals surface area contributed by atoms with Gasteiger partial charge in [0, 0.05) is 63.8 Å². The van der Waals surface area contributed by atoms with E-state index in [1.54, 1.807) is 11.3 Å². The van der Waals surface area contributed by atoms with Crippen molar-refractivity contribution in [1.82, 2.24) is 19.5 Å². The normalized spacial score (nSPS) is 12.0. The zero-order valence-electron chi connectivity index (χ0n) is 29.3. The van der Waals surface area contributed by atoms with E-state index in [0.29, 0.717) is 17.5 Å². The Morgan fingerprint density at radius 3 is 1.84 bits per heavy atom. The Balaban J connectivity index is 1.15. The monoisotopic (exact) mass is 720 g/mol. The van der Waals surface area contributed by atoms with Gasteiger partial charge in [0.15, 0.2) is 23.1 Å². The van der Waals surface area contributed by atoms with E-state index in [9.17, 15) is 0 Å². The van der Waals surface area contributed by atoms with Gasteiger partial charge in [0.2, 0.25) is 0 Å². The third-order valence-corrected chi connectivity index (χ3v) is 12.0. The van der Waals surface area contributed by atoms with Gasteiger partial charge >= 0.3 is 0 Å². The summed E-state index contributed by atoms with van der Waals surface area (Å²) in [7, 11) is 0. The standard InChI is InChI=1S/C49H28N4OS/c1-2-13-29(14-3-1)47-50-48(31-25-26-36-35-19-8-11-24-42(35)55-43(36)28-31)52-49(51-47)38-27-30-15-4-5-16-32(30)46-44(38)37-20-12-23-41(45(37)54-46)53-39-21-9-6-17-33(39)34-18-7-10-22-40(34)53/h1-28H. The van der Waals surface area contributed by atoms with Crippen molar-refractivity contribution in [1.29, 1.82) is 0 Å². The van der Waals surface area contributed by atoms with Gasteiger partial charge < -0.3 is 8.98 Å². The number of hydrogen-bond donors (Lipinski definition) is 0. The first-order valence-corrected chi connectivity index (χ1v) is 19.2. The summed E-state index contributed by atoms with van der Waals surface area (Å²) in [6.45, 7) is 0. The molecule has 0 radical (unpaired) electrons. The molecule has 6 heteroatoms. The second kappa shape index (κ2) is 11.7. The number of hydrogen-bond acceptors (Lipinski definition) is 5. The molecule has 0 N–H and O–H groups in total. The van der Waals surface area contributed by atoms with Gasteiger partial charge in [-0.15, -0.1) is 11.3 Å². The van der Waals surface area contributed by atoms with Crippen LogP contribution in [0.1, 0.15) is 0 Å². The lowest BCUT2D eigenvalue weighted by atomic mass is 9.99. The van der Waals surface area contributed by atoms with E-state index in [1.807, 2.05) is 18.2 Å². The fourth-order valence-corrected chi connectivity index (χ4v) is 9.51. The summed E-state index contributed by atoms with van der Waals surface area (Å²) < 4.78 is 11.9. The van der Waals surface area contributed by atoms with Crippen LogP contribution in [0, 0.1) is 0 Å². The molecule has 256 valence electrons. The number of rotatable bonds is 4. The summed E-state index contributed by atoms with van der Waals surface area (Å²) in [4.78, 5) is 15.6. The number of nitrogens with zero attached hydrogens (tertiary/aromatic N) is 4. The van der Waals surface area contributed by atoms with Crippen LogP contribution in [0.25, 0.3) is 115 Å². The molecular formula is C49H28N4OS. The molecule has 4 aromatic heterocycles. The van der Waals surface area contributed by atoms with Gasteiger partial charge in [-0.05, 0) is 41.8 Å². The van der Waals surface area contributed by atoms with Crippen LogP contribution < -0.4 is 0 Å². The van der Waals surface area contributed by atoms with Crippen molar-refractivity contribution in [3.05, 3.63) is 170 Å². The van der Waals surface area contributed by atoms with E-state index in [4.69, 9.17) is 19.4 Å². The molecule has 4 heterocycles. The number of para-hydroxylation sites is 3. The average Bonchev–Trinajstić information content (AvgIpc) is 3.93. The lowest BCUT2D eigenvalue weighted by Crippen LogP contribution is -2.00. The number of furan rings is 1. The maximum atomic E-state index is 7.10. The zero-order chi connectivity index (χ0) is 36.0. The average molecular weight is 721 g/mol. The molecule has 0 unspecified atom stereocenters. The van der Waals surface area contributed by atoms with Crippen molar-refractivity contribution in [2.45, 2.75) is 0 Å². The molecule has 0 fully saturated rings. The molecule has 12 aromatic rings. The van der Waals surface area contributed by atoms with Crippen LogP contribution in [0.15, 0.2) is 174 Å². The predicted octanol–water partition coefficient (Wildman–Crippen LogP) is 13.4. The van der Waals surface area contributed by atoms with Crippen LogP contribution in [0.3, 0.4) is 0 Å². The van der Waals surface area contributed by atoms with Crippen LogP contribution in [-0.4, -0.2) is 19.5 Å². The van der Waals surface area contributed by atoms with Gasteiger partial charge in [-0.25, -0.2) is 15.0 Å². The summed E-state index contributed by atoms with van der Waals surface area (Å²) in [6.07, 6.45) is 0. The first-order valence-electron chi connectivity index (χ1n) is 18.4. The Bertz CT molecular complexity index is 3450. The topological polar surface area (TPSA) is 56.7 Å². The molecule has 0 aliphatic heterocycles.